The molecule has 1 heterocycles. The van der Waals surface area contributed by atoms with Crippen LogP contribution in [-0.2, 0) is 16.0 Å². The largest absolute Gasteiger partial charge is 0.469 e. The summed E-state index contributed by atoms with van der Waals surface area (Å²) in [6.07, 6.45) is 0.830. The second kappa shape index (κ2) is 13.1. The van der Waals surface area contributed by atoms with Crippen LogP contribution in [0.3, 0.4) is 0 Å². The third-order valence-electron chi connectivity index (χ3n) is 3.58. The van der Waals surface area contributed by atoms with Crippen LogP contribution in [0.25, 0.3) is 11.1 Å². The molecule has 0 aliphatic carbocycles. The van der Waals surface area contributed by atoms with Crippen LogP contribution in [0, 0.1) is 13.8 Å². The van der Waals surface area contributed by atoms with Gasteiger partial charge in [-0.2, -0.15) is 0 Å². The monoisotopic (exact) mass is 436 g/mol. The van der Waals surface area contributed by atoms with E-state index in [9.17, 15) is 9.59 Å². The first-order valence-corrected chi connectivity index (χ1v) is 9.86. The number of rotatable bonds is 4. The number of esters is 1. The Labute approximate surface area is 184 Å². The average Bonchev–Trinajstić information content (AvgIpc) is 2.65. The molecule has 0 fully saturated rings. The van der Waals surface area contributed by atoms with E-state index in [1.54, 1.807) is 39.8 Å². The number of hydrogen-bond donors (Lipinski definition) is 2. The number of aromatic nitrogens is 1. The van der Waals surface area contributed by atoms with Crippen molar-refractivity contribution in [3.63, 3.8) is 0 Å². The highest BCUT2D eigenvalue weighted by Crippen LogP contribution is 2.31. The summed E-state index contributed by atoms with van der Waals surface area (Å²) in [5.74, 6) is -0.349. The zero-order valence-corrected chi connectivity index (χ0v) is 19.8. The lowest BCUT2D eigenvalue weighted by molar-refractivity contribution is -0.139. The second-order valence-electron chi connectivity index (χ2n) is 7.61. The number of halogens is 1. The average molecular weight is 437 g/mol. The highest BCUT2D eigenvalue weighted by Gasteiger charge is 2.18. The molecule has 0 amide bonds. The lowest BCUT2D eigenvalue weighted by Gasteiger charge is -2.16. The molecule has 0 saturated carbocycles. The van der Waals surface area contributed by atoms with Crippen molar-refractivity contribution in [3.8, 4) is 11.1 Å². The Morgan fingerprint density at radius 2 is 1.67 bits per heavy atom. The van der Waals surface area contributed by atoms with Crippen LogP contribution in [0.4, 0.5) is 0 Å². The van der Waals surface area contributed by atoms with Crippen molar-refractivity contribution < 1.29 is 19.4 Å². The number of aldehydes is 1. The lowest BCUT2D eigenvalue weighted by Crippen LogP contribution is -2.11. The van der Waals surface area contributed by atoms with Gasteiger partial charge in [0.05, 0.1) is 19.1 Å². The number of nitrogens with zero attached hydrogens (tertiary/aromatic N) is 1. The van der Waals surface area contributed by atoms with Crippen molar-refractivity contribution >= 4 is 23.9 Å². The summed E-state index contributed by atoms with van der Waals surface area (Å²) in [6, 6.07) is 7.27. The zero-order valence-electron chi connectivity index (χ0n) is 19.1. The SMILES string of the molecule is CC(C)(C)O.CNC.COC(=O)Cc1c(C)nc(C=O)c(C)c1-c1ccc(Cl)cc1. The van der Waals surface area contributed by atoms with Gasteiger partial charge in [0.2, 0.25) is 0 Å². The highest BCUT2D eigenvalue weighted by molar-refractivity contribution is 6.30. The van der Waals surface area contributed by atoms with Gasteiger partial charge in [-0.05, 0) is 83.1 Å². The van der Waals surface area contributed by atoms with E-state index in [0.717, 1.165) is 28.5 Å². The molecule has 0 aliphatic heterocycles. The van der Waals surface area contributed by atoms with Gasteiger partial charge in [0.1, 0.15) is 5.69 Å². The number of ether oxygens (including phenoxy) is 1. The maximum atomic E-state index is 11.7. The summed E-state index contributed by atoms with van der Waals surface area (Å²) in [6.45, 7) is 8.83. The van der Waals surface area contributed by atoms with Crippen LogP contribution >= 0.6 is 11.6 Å². The summed E-state index contributed by atoms with van der Waals surface area (Å²) < 4.78 is 4.76. The van der Waals surface area contributed by atoms with Crippen molar-refractivity contribution in [3.05, 3.63) is 51.8 Å². The second-order valence-corrected chi connectivity index (χ2v) is 8.05. The molecular formula is C23H33ClN2O4. The quantitative estimate of drug-likeness (QED) is 0.552. The van der Waals surface area contributed by atoms with Crippen LogP contribution in [0.1, 0.15) is 48.1 Å². The van der Waals surface area contributed by atoms with Crippen molar-refractivity contribution in [1.82, 2.24) is 10.3 Å². The van der Waals surface area contributed by atoms with Gasteiger partial charge in [-0.25, -0.2) is 4.98 Å². The van der Waals surface area contributed by atoms with E-state index < -0.39 is 5.60 Å². The van der Waals surface area contributed by atoms with E-state index in [-0.39, 0.29) is 12.4 Å². The number of methoxy groups -OCH3 is 1. The fourth-order valence-corrected chi connectivity index (χ4v) is 2.55. The Hall–Kier alpha value is -2.28. The molecule has 7 heteroatoms. The van der Waals surface area contributed by atoms with Crippen molar-refractivity contribution in [2.45, 2.75) is 46.6 Å². The van der Waals surface area contributed by atoms with Crippen LogP contribution in [0.2, 0.25) is 5.02 Å². The van der Waals surface area contributed by atoms with E-state index in [1.807, 2.05) is 33.2 Å². The molecule has 0 atom stereocenters. The van der Waals surface area contributed by atoms with Crippen LogP contribution < -0.4 is 5.32 Å². The Kier molecular flexibility index (Phi) is 12.1. The number of aryl methyl sites for hydroxylation is 1. The number of aliphatic hydroxyl groups is 1. The third-order valence-corrected chi connectivity index (χ3v) is 3.83. The molecule has 2 rings (SSSR count). The zero-order chi connectivity index (χ0) is 23.5. The minimum absolute atomic E-state index is 0.104. The van der Waals surface area contributed by atoms with E-state index in [2.05, 4.69) is 10.3 Å². The Morgan fingerprint density at radius 1 is 1.20 bits per heavy atom. The van der Waals surface area contributed by atoms with Crippen molar-refractivity contribution in [2.24, 2.45) is 0 Å². The predicted octanol–water partition coefficient (Wildman–Crippen LogP) is 4.16. The maximum Gasteiger partial charge on any atom is 0.310 e. The Morgan fingerprint density at radius 3 is 2.07 bits per heavy atom. The first-order valence-electron chi connectivity index (χ1n) is 9.48. The summed E-state index contributed by atoms with van der Waals surface area (Å²) in [5.41, 5.74) is 3.73. The van der Waals surface area contributed by atoms with Crippen LogP contribution in [-0.4, -0.2) is 49.2 Å². The van der Waals surface area contributed by atoms with Crippen molar-refractivity contribution in [1.29, 1.82) is 0 Å². The number of carbonyl (C=O) groups is 2. The molecule has 0 spiro atoms. The van der Waals surface area contributed by atoms with Gasteiger partial charge in [0.25, 0.3) is 0 Å². The van der Waals surface area contributed by atoms with Gasteiger partial charge in [-0.15, -0.1) is 0 Å². The number of hydrogen-bond acceptors (Lipinski definition) is 6. The molecule has 0 radical (unpaired) electrons. The van der Waals surface area contributed by atoms with Gasteiger partial charge in [-0.3, -0.25) is 9.59 Å². The highest BCUT2D eigenvalue weighted by atomic mass is 35.5. The van der Waals surface area contributed by atoms with Gasteiger partial charge >= 0.3 is 5.97 Å². The predicted molar refractivity (Wildman–Crippen MR) is 122 cm³/mol. The molecule has 1 aromatic heterocycles. The summed E-state index contributed by atoms with van der Waals surface area (Å²) in [5, 5.41) is 11.9. The number of carbonyl (C=O) groups excluding carboxylic acids is 2. The molecule has 2 aromatic rings. The molecule has 2 N–H and O–H groups in total. The van der Waals surface area contributed by atoms with E-state index in [1.165, 1.54) is 7.11 Å². The Balaban J connectivity index is 0.000000902. The molecule has 6 nitrogen and oxygen atoms in total. The molecular weight excluding hydrogens is 404 g/mol. The third kappa shape index (κ3) is 9.96. The molecule has 166 valence electrons. The fraction of sp³-hybridized carbons (Fsp3) is 0.435. The molecule has 0 unspecified atom stereocenters. The maximum absolute atomic E-state index is 11.7. The van der Waals surface area contributed by atoms with E-state index in [0.29, 0.717) is 16.4 Å². The van der Waals surface area contributed by atoms with Gasteiger partial charge in [0, 0.05) is 10.7 Å². The fourth-order valence-electron chi connectivity index (χ4n) is 2.42. The summed E-state index contributed by atoms with van der Waals surface area (Å²) in [4.78, 5) is 27.2. The van der Waals surface area contributed by atoms with Crippen LogP contribution in [0.15, 0.2) is 24.3 Å². The number of nitrogens with one attached hydrogen (secondary N) is 1. The molecule has 0 aliphatic rings. The smallest absolute Gasteiger partial charge is 0.310 e. The number of benzene rings is 1. The topological polar surface area (TPSA) is 88.5 Å². The minimum Gasteiger partial charge on any atom is -0.469 e. The minimum atomic E-state index is -0.500. The normalized spacial score (nSPS) is 10.2. The first kappa shape index (κ1) is 27.7. The van der Waals surface area contributed by atoms with E-state index in [4.69, 9.17) is 21.4 Å². The van der Waals surface area contributed by atoms with Crippen molar-refractivity contribution in [2.75, 3.05) is 21.2 Å². The first-order chi connectivity index (χ1) is 13.9. The molecule has 30 heavy (non-hydrogen) atoms. The standard InChI is InChI=1S/C17H16ClNO3.C4H10O.C2H7N/c1-10-15(9-20)19-11(2)14(8-16(21)22-3)17(10)12-4-6-13(18)7-5-12;1-4(2,3)5;1-3-2/h4-7,9H,8H2,1-3H3;5H,1-3H3;3H,1-2H3. The van der Waals surface area contributed by atoms with Gasteiger partial charge in [0.15, 0.2) is 6.29 Å². The Bertz CT molecular complexity index is 823. The van der Waals surface area contributed by atoms with Gasteiger partial charge in [-0.1, -0.05) is 23.7 Å². The molecule has 0 bridgehead atoms. The number of pyridine rings is 1. The summed E-state index contributed by atoms with van der Waals surface area (Å²) in [7, 11) is 5.10. The van der Waals surface area contributed by atoms with Gasteiger partial charge < -0.3 is 15.2 Å². The van der Waals surface area contributed by atoms with Crippen LogP contribution in [0.5, 0.6) is 0 Å². The lowest BCUT2D eigenvalue weighted by atomic mass is 9.92. The van der Waals surface area contributed by atoms with E-state index >= 15 is 0 Å². The summed E-state index contributed by atoms with van der Waals surface area (Å²) >= 11 is 5.93. The molecule has 1 aromatic carbocycles. The molecule has 0 saturated heterocycles.